The van der Waals surface area contributed by atoms with Crippen LogP contribution in [0.3, 0.4) is 0 Å². The zero-order chi connectivity index (χ0) is 7.56. The Morgan fingerprint density at radius 3 is 2.90 bits per heavy atom. The number of imidazole rings is 1. The molecule has 4 nitrogen and oxygen atoms in total. The van der Waals surface area contributed by atoms with Crippen molar-refractivity contribution < 1.29 is 9.90 Å². The highest BCUT2D eigenvalue weighted by Gasteiger charge is 2.01. The minimum atomic E-state index is -0.159. The highest BCUT2D eigenvalue weighted by atomic mass is 16.3. The van der Waals surface area contributed by atoms with E-state index in [9.17, 15) is 4.79 Å². The van der Waals surface area contributed by atoms with Crippen LogP contribution < -0.4 is 0 Å². The Balaban J connectivity index is 2.88. The van der Waals surface area contributed by atoms with Gasteiger partial charge in [0.15, 0.2) is 5.78 Å². The molecule has 2 N–H and O–H groups in total. The first-order chi connectivity index (χ1) is 4.74. The summed E-state index contributed by atoms with van der Waals surface area (Å²) in [5.74, 6) is 0.345. The summed E-state index contributed by atoms with van der Waals surface area (Å²) in [6, 6.07) is 0. The van der Waals surface area contributed by atoms with Crippen molar-refractivity contribution >= 4 is 5.78 Å². The van der Waals surface area contributed by atoms with Gasteiger partial charge >= 0.3 is 0 Å². The summed E-state index contributed by atoms with van der Waals surface area (Å²) in [7, 11) is 0. The maximum Gasteiger partial charge on any atom is 0.177 e. The molecule has 0 radical (unpaired) electrons. The second-order valence-electron chi connectivity index (χ2n) is 1.96. The van der Waals surface area contributed by atoms with Gasteiger partial charge in [0.2, 0.25) is 0 Å². The number of rotatable bonds is 2. The molecule has 0 aliphatic heterocycles. The largest absolute Gasteiger partial charge is 0.388 e. The van der Waals surface area contributed by atoms with Crippen molar-refractivity contribution in [3.8, 4) is 0 Å². The van der Waals surface area contributed by atoms with Crippen LogP contribution in [-0.4, -0.2) is 20.9 Å². The number of carbonyl (C=O) groups excluding carboxylic acids is 1. The van der Waals surface area contributed by atoms with Gasteiger partial charge in [-0.15, -0.1) is 0 Å². The van der Waals surface area contributed by atoms with Crippen molar-refractivity contribution in [1.82, 2.24) is 9.97 Å². The molecule has 0 aliphatic carbocycles. The van der Waals surface area contributed by atoms with E-state index >= 15 is 0 Å². The molecule has 0 saturated carbocycles. The molecule has 0 fully saturated rings. The van der Waals surface area contributed by atoms with Crippen LogP contribution in [0.25, 0.3) is 0 Å². The minimum absolute atomic E-state index is 0.0767. The summed E-state index contributed by atoms with van der Waals surface area (Å²) in [5, 5.41) is 8.53. The number of nitrogens with one attached hydrogen (secondary N) is 1. The number of hydrogen-bond acceptors (Lipinski definition) is 3. The molecule has 0 saturated heterocycles. The Labute approximate surface area is 57.9 Å². The molecule has 1 aromatic heterocycles. The lowest BCUT2D eigenvalue weighted by Gasteiger charge is -1.85. The number of Topliss-reactive ketones (excluding diaryl/α,β-unsaturated/α-hetero) is 1. The van der Waals surface area contributed by atoms with Gasteiger partial charge in [0, 0.05) is 6.92 Å². The second-order valence-corrected chi connectivity index (χ2v) is 1.96. The molecule has 0 aliphatic rings. The van der Waals surface area contributed by atoms with Crippen molar-refractivity contribution in [2.24, 2.45) is 0 Å². The number of nitrogens with zero attached hydrogens (tertiary/aromatic N) is 1. The van der Waals surface area contributed by atoms with E-state index in [0.29, 0.717) is 11.5 Å². The molecular formula is C6H8N2O2. The zero-order valence-corrected chi connectivity index (χ0v) is 5.59. The first-order valence-electron chi connectivity index (χ1n) is 2.89. The SMILES string of the molecule is CC(=O)c1cnc(CO)[nH]1. The predicted molar refractivity (Wildman–Crippen MR) is 34.5 cm³/mol. The van der Waals surface area contributed by atoms with Crippen molar-refractivity contribution in [1.29, 1.82) is 0 Å². The van der Waals surface area contributed by atoms with E-state index in [1.54, 1.807) is 0 Å². The van der Waals surface area contributed by atoms with Crippen LogP contribution in [-0.2, 0) is 6.61 Å². The maximum atomic E-state index is 10.6. The summed E-state index contributed by atoms with van der Waals surface area (Å²) < 4.78 is 0. The van der Waals surface area contributed by atoms with E-state index in [1.807, 2.05) is 0 Å². The monoisotopic (exact) mass is 140 g/mol. The summed E-state index contributed by atoms with van der Waals surface area (Å²) >= 11 is 0. The highest BCUT2D eigenvalue weighted by Crippen LogP contribution is 1.96. The molecule has 0 spiro atoms. The Kier molecular flexibility index (Phi) is 1.82. The summed E-state index contributed by atoms with van der Waals surface area (Å²) in [4.78, 5) is 17.0. The van der Waals surface area contributed by atoms with Crippen LogP contribution in [0.2, 0.25) is 0 Å². The Hall–Kier alpha value is -1.16. The average Bonchev–Trinajstić information content (AvgIpc) is 2.34. The van der Waals surface area contributed by atoms with Gasteiger partial charge < -0.3 is 10.1 Å². The fraction of sp³-hybridized carbons (Fsp3) is 0.333. The van der Waals surface area contributed by atoms with Crippen molar-refractivity contribution in [2.75, 3.05) is 0 Å². The Bertz CT molecular complexity index is 242. The smallest absolute Gasteiger partial charge is 0.177 e. The van der Waals surface area contributed by atoms with Crippen LogP contribution in [0.5, 0.6) is 0 Å². The van der Waals surface area contributed by atoms with Crippen LogP contribution in [0, 0.1) is 0 Å². The standard InChI is InChI=1S/C6H8N2O2/c1-4(10)5-2-7-6(3-9)8-5/h2,9H,3H2,1H3,(H,7,8). The van der Waals surface area contributed by atoms with Crippen LogP contribution in [0.4, 0.5) is 0 Å². The van der Waals surface area contributed by atoms with Gasteiger partial charge in [-0.05, 0) is 0 Å². The number of aromatic amines is 1. The molecular weight excluding hydrogens is 132 g/mol. The van der Waals surface area contributed by atoms with Gasteiger partial charge in [0.25, 0.3) is 0 Å². The topological polar surface area (TPSA) is 66.0 Å². The number of carbonyl (C=O) groups is 1. The number of ketones is 1. The van der Waals surface area contributed by atoms with E-state index in [4.69, 9.17) is 5.11 Å². The minimum Gasteiger partial charge on any atom is -0.388 e. The quantitative estimate of drug-likeness (QED) is 0.573. The second kappa shape index (κ2) is 2.62. The predicted octanol–water partition coefficient (Wildman–Crippen LogP) is 0.105. The fourth-order valence-electron chi connectivity index (χ4n) is 0.622. The summed E-state index contributed by atoms with van der Waals surface area (Å²) in [5.41, 5.74) is 0.434. The third-order valence-electron chi connectivity index (χ3n) is 1.16. The molecule has 10 heavy (non-hydrogen) atoms. The molecule has 1 aromatic rings. The number of aliphatic hydroxyl groups is 1. The average molecular weight is 140 g/mol. The molecule has 0 unspecified atom stereocenters. The summed E-state index contributed by atoms with van der Waals surface area (Å²) in [6.45, 7) is 1.28. The first-order valence-corrected chi connectivity index (χ1v) is 2.89. The molecule has 0 aromatic carbocycles. The van der Waals surface area contributed by atoms with E-state index in [2.05, 4.69) is 9.97 Å². The van der Waals surface area contributed by atoms with E-state index in [-0.39, 0.29) is 12.4 Å². The van der Waals surface area contributed by atoms with Gasteiger partial charge in [0.05, 0.1) is 6.20 Å². The van der Waals surface area contributed by atoms with E-state index in [0.717, 1.165) is 0 Å². The Morgan fingerprint density at radius 1 is 1.90 bits per heavy atom. The zero-order valence-electron chi connectivity index (χ0n) is 5.59. The molecule has 1 rings (SSSR count). The van der Waals surface area contributed by atoms with Crippen LogP contribution >= 0.6 is 0 Å². The summed E-state index contributed by atoms with van der Waals surface area (Å²) in [6.07, 6.45) is 1.41. The fourth-order valence-corrected chi connectivity index (χ4v) is 0.622. The first kappa shape index (κ1) is 6.95. The third-order valence-corrected chi connectivity index (χ3v) is 1.16. The number of aromatic nitrogens is 2. The molecule has 1 heterocycles. The third kappa shape index (κ3) is 1.22. The van der Waals surface area contributed by atoms with Gasteiger partial charge in [-0.2, -0.15) is 0 Å². The molecule has 4 heteroatoms. The Morgan fingerprint density at radius 2 is 2.60 bits per heavy atom. The molecule has 0 bridgehead atoms. The number of H-pyrrole nitrogens is 1. The molecule has 0 atom stereocenters. The van der Waals surface area contributed by atoms with Gasteiger partial charge in [-0.3, -0.25) is 4.79 Å². The lowest BCUT2D eigenvalue weighted by atomic mass is 10.3. The number of aliphatic hydroxyl groups excluding tert-OH is 1. The van der Waals surface area contributed by atoms with Crippen LogP contribution in [0.1, 0.15) is 23.2 Å². The lowest BCUT2D eigenvalue weighted by Crippen LogP contribution is -1.92. The normalized spacial score (nSPS) is 9.80. The number of hydrogen-bond donors (Lipinski definition) is 2. The van der Waals surface area contributed by atoms with Crippen molar-refractivity contribution in [3.05, 3.63) is 17.7 Å². The maximum absolute atomic E-state index is 10.6. The molecule has 0 amide bonds. The van der Waals surface area contributed by atoms with Crippen molar-refractivity contribution in [3.63, 3.8) is 0 Å². The van der Waals surface area contributed by atoms with Gasteiger partial charge in [-0.1, -0.05) is 0 Å². The van der Waals surface area contributed by atoms with Crippen molar-refractivity contribution in [2.45, 2.75) is 13.5 Å². The lowest BCUT2D eigenvalue weighted by molar-refractivity contribution is 0.101. The van der Waals surface area contributed by atoms with Gasteiger partial charge in [0.1, 0.15) is 18.1 Å². The van der Waals surface area contributed by atoms with Crippen LogP contribution in [0.15, 0.2) is 6.20 Å². The van der Waals surface area contributed by atoms with E-state index < -0.39 is 0 Å². The molecule has 54 valence electrons. The highest BCUT2D eigenvalue weighted by molar-refractivity contribution is 5.91. The van der Waals surface area contributed by atoms with E-state index in [1.165, 1.54) is 13.1 Å². The van der Waals surface area contributed by atoms with Gasteiger partial charge in [-0.25, -0.2) is 4.98 Å².